The van der Waals surface area contributed by atoms with Crippen LogP contribution in [0.3, 0.4) is 0 Å². The lowest BCUT2D eigenvalue weighted by atomic mass is 10.0. The lowest BCUT2D eigenvalue weighted by molar-refractivity contribution is -0.118. The van der Waals surface area contributed by atoms with Crippen molar-refractivity contribution < 1.29 is 9.53 Å². The third-order valence-corrected chi connectivity index (χ3v) is 4.64. The highest BCUT2D eigenvalue weighted by Crippen LogP contribution is 2.26. The number of rotatable bonds is 7. The average Bonchev–Trinajstić information content (AvgIpc) is 2.70. The van der Waals surface area contributed by atoms with Crippen molar-refractivity contribution in [3.63, 3.8) is 0 Å². The molecule has 1 unspecified atom stereocenters. The minimum Gasteiger partial charge on any atom is -0.495 e. The zero-order valence-electron chi connectivity index (χ0n) is 16.5. The molecule has 4 heteroatoms. The van der Waals surface area contributed by atoms with Gasteiger partial charge in [0.25, 0.3) is 0 Å². The minimum absolute atomic E-state index is 0.123. The number of carbonyl (C=O) groups excluding carboxylic acids is 1. The van der Waals surface area contributed by atoms with E-state index >= 15 is 0 Å². The quantitative estimate of drug-likeness (QED) is 0.626. The number of hydrogen-bond acceptors (Lipinski definition) is 3. The second-order valence-corrected chi connectivity index (χ2v) is 6.90. The lowest BCUT2D eigenvalue weighted by Crippen LogP contribution is -2.32. The van der Waals surface area contributed by atoms with Gasteiger partial charge < -0.3 is 10.1 Å². The number of aryl methyl sites for hydroxylation is 2. The average molecular weight is 374 g/mol. The molecule has 4 nitrogen and oxygen atoms in total. The third kappa shape index (κ3) is 4.99. The molecule has 28 heavy (non-hydrogen) atoms. The van der Waals surface area contributed by atoms with E-state index in [1.807, 2.05) is 55.5 Å². The number of anilines is 1. The van der Waals surface area contributed by atoms with Gasteiger partial charge >= 0.3 is 0 Å². The molecule has 0 heterocycles. The second-order valence-electron chi connectivity index (χ2n) is 6.90. The molecule has 3 rings (SSSR count). The number of nitrogens with one attached hydrogen (secondary N) is 2. The summed E-state index contributed by atoms with van der Waals surface area (Å²) in [5, 5.41) is 6.41. The van der Waals surface area contributed by atoms with E-state index in [1.165, 1.54) is 5.56 Å². The van der Waals surface area contributed by atoms with E-state index in [-0.39, 0.29) is 5.91 Å². The molecule has 3 aromatic carbocycles. The van der Waals surface area contributed by atoms with Crippen LogP contribution in [-0.2, 0) is 11.3 Å². The molecule has 0 saturated carbocycles. The minimum atomic E-state index is -0.479. The predicted molar refractivity (Wildman–Crippen MR) is 114 cm³/mol. The smallest absolute Gasteiger partial charge is 0.246 e. The highest BCUT2D eigenvalue weighted by Gasteiger charge is 2.21. The van der Waals surface area contributed by atoms with Crippen molar-refractivity contribution in [1.82, 2.24) is 5.32 Å². The molecule has 144 valence electrons. The molecule has 1 amide bonds. The number of benzene rings is 3. The first-order chi connectivity index (χ1) is 13.6. The Kier molecular flexibility index (Phi) is 6.45. The van der Waals surface area contributed by atoms with Crippen molar-refractivity contribution in [3.8, 4) is 5.75 Å². The summed E-state index contributed by atoms with van der Waals surface area (Å²) in [7, 11) is 1.60. The molecule has 0 radical (unpaired) electrons. The standard InChI is InChI=1S/C24H26N2O2/c1-17-9-12-19(13-10-17)16-25-23(20-7-5-4-6-8-20)24(27)26-21-15-18(2)11-14-22(21)28-3/h4-15,23,25H,16H2,1-3H3,(H,26,27). The van der Waals surface area contributed by atoms with Gasteiger partial charge in [-0.1, -0.05) is 66.2 Å². The lowest BCUT2D eigenvalue weighted by Gasteiger charge is -2.20. The molecule has 0 saturated heterocycles. The molecular formula is C24H26N2O2. The molecule has 3 aromatic rings. The Hall–Kier alpha value is -3.11. The number of methoxy groups -OCH3 is 1. The molecule has 0 aliphatic carbocycles. The molecule has 0 aliphatic heterocycles. The van der Waals surface area contributed by atoms with Gasteiger partial charge in [-0.25, -0.2) is 0 Å². The van der Waals surface area contributed by atoms with Crippen molar-refractivity contribution in [1.29, 1.82) is 0 Å². The SMILES string of the molecule is COc1ccc(C)cc1NC(=O)C(NCc1ccc(C)cc1)c1ccccc1. The molecule has 0 bridgehead atoms. The molecule has 0 aromatic heterocycles. The van der Waals surface area contributed by atoms with Gasteiger partial charge in [-0.3, -0.25) is 10.1 Å². The fraction of sp³-hybridized carbons (Fsp3) is 0.208. The predicted octanol–water partition coefficient (Wildman–Crippen LogP) is 4.78. The first-order valence-corrected chi connectivity index (χ1v) is 9.36. The van der Waals surface area contributed by atoms with E-state index in [2.05, 4.69) is 41.8 Å². The van der Waals surface area contributed by atoms with Crippen molar-refractivity contribution in [2.24, 2.45) is 0 Å². The zero-order valence-corrected chi connectivity index (χ0v) is 16.5. The van der Waals surface area contributed by atoms with E-state index < -0.39 is 6.04 Å². The summed E-state index contributed by atoms with van der Waals surface area (Å²) in [5.74, 6) is 0.520. The molecule has 0 fully saturated rings. The molecule has 1 atom stereocenters. The topological polar surface area (TPSA) is 50.4 Å². The summed E-state index contributed by atoms with van der Waals surface area (Å²) < 4.78 is 5.39. The Morgan fingerprint density at radius 2 is 1.61 bits per heavy atom. The van der Waals surface area contributed by atoms with E-state index in [4.69, 9.17) is 4.74 Å². The van der Waals surface area contributed by atoms with Crippen LogP contribution in [0.25, 0.3) is 0 Å². The van der Waals surface area contributed by atoms with Crippen molar-refractivity contribution in [3.05, 3.63) is 95.1 Å². The van der Waals surface area contributed by atoms with Crippen LogP contribution < -0.4 is 15.4 Å². The van der Waals surface area contributed by atoms with Crippen LogP contribution in [0.2, 0.25) is 0 Å². The maximum Gasteiger partial charge on any atom is 0.246 e. The van der Waals surface area contributed by atoms with Gasteiger partial charge in [0.15, 0.2) is 0 Å². The zero-order chi connectivity index (χ0) is 19.9. The van der Waals surface area contributed by atoms with E-state index in [0.717, 1.165) is 16.7 Å². The summed E-state index contributed by atoms with van der Waals surface area (Å²) in [5.41, 5.74) is 4.99. The normalized spacial score (nSPS) is 11.7. The third-order valence-electron chi connectivity index (χ3n) is 4.64. The first kappa shape index (κ1) is 19.6. The first-order valence-electron chi connectivity index (χ1n) is 9.36. The molecule has 0 aliphatic rings. The van der Waals surface area contributed by atoms with Gasteiger partial charge in [0, 0.05) is 6.54 Å². The number of hydrogen-bond donors (Lipinski definition) is 2. The Labute approximate surface area is 166 Å². The Bertz CT molecular complexity index is 921. The number of carbonyl (C=O) groups is 1. The van der Waals surface area contributed by atoms with Crippen molar-refractivity contribution in [2.75, 3.05) is 12.4 Å². The van der Waals surface area contributed by atoms with Crippen molar-refractivity contribution in [2.45, 2.75) is 26.4 Å². The Balaban J connectivity index is 1.81. The van der Waals surface area contributed by atoms with Crippen LogP contribution >= 0.6 is 0 Å². The summed E-state index contributed by atoms with van der Waals surface area (Å²) in [6, 6.07) is 23.3. The van der Waals surface area contributed by atoms with Gasteiger partial charge in [-0.15, -0.1) is 0 Å². The van der Waals surface area contributed by atoms with Crippen LogP contribution in [0.15, 0.2) is 72.8 Å². The van der Waals surface area contributed by atoms with Gasteiger partial charge in [-0.05, 0) is 42.7 Å². The van der Waals surface area contributed by atoms with Gasteiger partial charge in [0.1, 0.15) is 11.8 Å². The van der Waals surface area contributed by atoms with Crippen LogP contribution in [0, 0.1) is 13.8 Å². The largest absolute Gasteiger partial charge is 0.495 e. The maximum absolute atomic E-state index is 13.1. The fourth-order valence-corrected chi connectivity index (χ4v) is 3.06. The Morgan fingerprint density at radius 1 is 0.929 bits per heavy atom. The van der Waals surface area contributed by atoms with Crippen LogP contribution in [-0.4, -0.2) is 13.0 Å². The summed E-state index contributed by atoms with van der Waals surface area (Å²) in [6.07, 6.45) is 0. The Morgan fingerprint density at radius 3 is 2.29 bits per heavy atom. The monoisotopic (exact) mass is 374 g/mol. The molecular weight excluding hydrogens is 348 g/mol. The van der Waals surface area contributed by atoms with Crippen LogP contribution in [0.4, 0.5) is 5.69 Å². The second kappa shape index (κ2) is 9.20. The van der Waals surface area contributed by atoms with Crippen LogP contribution in [0.1, 0.15) is 28.3 Å². The van der Waals surface area contributed by atoms with Gasteiger partial charge in [0.2, 0.25) is 5.91 Å². The van der Waals surface area contributed by atoms with Gasteiger partial charge in [-0.2, -0.15) is 0 Å². The summed E-state index contributed by atoms with van der Waals surface area (Å²) in [6.45, 7) is 4.64. The fourth-order valence-electron chi connectivity index (χ4n) is 3.06. The van der Waals surface area contributed by atoms with Crippen molar-refractivity contribution >= 4 is 11.6 Å². The van der Waals surface area contributed by atoms with Crippen LogP contribution in [0.5, 0.6) is 5.75 Å². The number of ether oxygens (including phenoxy) is 1. The summed E-state index contributed by atoms with van der Waals surface area (Å²) in [4.78, 5) is 13.1. The van der Waals surface area contributed by atoms with E-state index in [1.54, 1.807) is 7.11 Å². The highest BCUT2D eigenvalue weighted by atomic mass is 16.5. The maximum atomic E-state index is 13.1. The summed E-state index contributed by atoms with van der Waals surface area (Å²) >= 11 is 0. The number of amides is 1. The van der Waals surface area contributed by atoms with Gasteiger partial charge in [0.05, 0.1) is 12.8 Å². The highest BCUT2D eigenvalue weighted by molar-refractivity contribution is 5.96. The van der Waals surface area contributed by atoms with E-state index in [9.17, 15) is 4.79 Å². The van der Waals surface area contributed by atoms with E-state index in [0.29, 0.717) is 18.0 Å². The molecule has 0 spiro atoms. The molecule has 2 N–H and O–H groups in total.